The predicted octanol–water partition coefficient (Wildman–Crippen LogP) is 1.92. The summed E-state index contributed by atoms with van der Waals surface area (Å²) >= 11 is 0. The van der Waals surface area contributed by atoms with Crippen LogP contribution in [0.1, 0.15) is 26.7 Å². The Morgan fingerprint density at radius 1 is 1.22 bits per heavy atom. The smallest absolute Gasteiger partial charge is 0.244 e. The van der Waals surface area contributed by atoms with E-state index >= 15 is 0 Å². The van der Waals surface area contributed by atoms with E-state index in [1.54, 1.807) is 25.1 Å². The molecule has 1 aromatic rings. The number of carbonyl (C=O) groups is 1. The largest absolute Gasteiger partial charge is 0.324 e. The van der Waals surface area contributed by atoms with Crippen LogP contribution in [0.4, 0.5) is 5.69 Å². The Labute approximate surface area is 174 Å². The molecule has 1 aliphatic heterocycles. The summed E-state index contributed by atoms with van der Waals surface area (Å²) in [6.07, 6.45) is 1.34. The minimum absolute atomic E-state index is 0. The van der Waals surface area contributed by atoms with Crippen LogP contribution in [0.2, 0.25) is 0 Å². The molecule has 0 radical (unpaired) electrons. The molecule has 0 bridgehead atoms. The molecule has 1 heterocycles. The number of hydrogen-bond acceptors (Lipinski definition) is 5. The van der Waals surface area contributed by atoms with Crippen molar-refractivity contribution in [2.45, 2.75) is 37.1 Å². The van der Waals surface area contributed by atoms with Crippen molar-refractivity contribution in [3.05, 3.63) is 24.3 Å². The second kappa shape index (κ2) is 10.6. The molecule has 0 aromatic heterocycles. The van der Waals surface area contributed by atoms with Gasteiger partial charge in [-0.3, -0.25) is 4.79 Å². The summed E-state index contributed by atoms with van der Waals surface area (Å²) < 4.78 is 27.1. The van der Waals surface area contributed by atoms with Crippen LogP contribution in [0.3, 0.4) is 0 Å². The molecule has 2 rings (SSSR count). The molecule has 1 saturated heterocycles. The van der Waals surface area contributed by atoms with E-state index in [0.717, 1.165) is 6.42 Å². The summed E-state index contributed by atoms with van der Waals surface area (Å²) in [5, 5.41) is 2.73. The van der Waals surface area contributed by atoms with Gasteiger partial charge in [0.25, 0.3) is 0 Å². The van der Waals surface area contributed by atoms with Crippen LogP contribution >= 0.6 is 24.8 Å². The number of anilines is 1. The number of carbonyl (C=O) groups excluding carboxylic acids is 1. The first kappa shape index (κ1) is 26.1. The Hall–Kier alpha value is -0.900. The number of halogens is 2. The number of piperazine rings is 1. The van der Waals surface area contributed by atoms with Gasteiger partial charge in [0, 0.05) is 31.9 Å². The number of likely N-dealkylation sites (N-methyl/N-ethyl adjacent to an activating group) is 1. The Bertz CT molecular complexity index is 721. The molecule has 0 spiro atoms. The fourth-order valence-corrected chi connectivity index (χ4v) is 4.29. The Morgan fingerprint density at radius 2 is 1.81 bits per heavy atom. The SMILES string of the molecule is CCCC(C)(N)C(=O)Nc1cccc(S(=O)(=O)N2CCN(C)CC2)c1.Cl.Cl. The van der Waals surface area contributed by atoms with Gasteiger partial charge >= 0.3 is 0 Å². The topological polar surface area (TPSA) is 95.7 Å². The zero-order valence-electron chi connectivity index (χ0n) is 16.0. The second-order valence-electron chi connectivity index (χ2n) is 6.86. The summed E-state index contributed by atoms with van der Waals surface area (Å²) in [6, 6.07) is 6.35. The van der Waals surface area contributed by atoms with Crippen LogP contribution in [-0.2, 0) is 14.8 Å². The van der Waals surface area contributed by atoms with E-state index in [9.17, 15) is 13.2 Å². The number of rotatable bonds is 6. The standard InChI is InChI=1S/C17H28N4O3S.2ClH/c1-4-8-17(2,18)16(22)19-14-6-5-7-15(13-14)25(23,24)21-11-9-20(3)10-12-21;;/h5-7,13H,4,8-12,18H2,1-3H3,(H,19,22);2*1H. The van der Waals surface area contributed by atoms with Crippen molar-refractivity contribution in [1.29, 1.82) is 0 Å². The van der Waals surface area contributed by atoms with Crippen molar-refractivity contribution in [3.63, 3.8) is 0 Å². The fraction of sp³-hybridized carbons (Fsp3) is 0.588. The van der Waals surface area contributed by atoms with Crippen LogP contribution in [0.5, 0.6) is 0 Å². The van der Waals surface area contributed by atoms with E-state index in [1.165, 1.54) is 10.4 Å². The average molecular weight is 441 g/mol. The number of hydrogen-bond donors (Lipinski definition) is 2. The zero-order chi connectivity index (χ0) is 18.7. The van der Waals surface area contributed by atoms with Gasteiger partial charge in [-0.15, -0.1) is 24.8 Å². The van der Waals surface area contributed by atoms with E-state index in [-0.39, 0.29) is 35.6 Å². The number of nitrogens with two attached hydrogens (primary N) is 1. The molecule has 156 valence electrons. The van der Waals surface area contributed by atoms with Gasteiger partial charge in [-0.05, 0) is 38.6 Å². The predicted molar refractivity (Wildman–Crippen MR) is 113 cm³/mol. The lowest BCUT2D eigenvalue weighted by molar-refractivity contribution is -0.120. The molecule has 1 aliphatic rings. The lowest BCUT2D eigenvalue weighted by Crippen LogP contribution is -2.48. The fourth-order valence-electron chi connectivity index (χ4n) is 2.82. The maximum atomic E-state index is 12.8. The van der Waals surface area contributed by atoms with E-state index in [4.69, 9.17) is 5.73 Å². The first-order valence-electron chi connectivity index (χ1n) is 8.56. The van der Waals surface area contributed by atoms with E-state index < -0.39 is 15.6 Å². The number of amides is 1. The third kappa shape index (κ3) is 6.58. The third-order valence-corrected chi connectivity index (χ3v) is 6.37. The molecular formula is C17H30Cl2N4O3S. The summed E-state index contributed by atoms with van der Waals surface area (Å²) in [5.41, 5.74) is 5.48. The van der Waals surface area contributed by atoms with Crippen molar-refractivity contribution >= 4 is 46.4 Å². The summed E-state index contributed by atoms with van der Waals surface area (Å²) in [7, 11) is -1.59. The molecule has 1 atom stereocenters. The van der Waals surface area contributed by atoms with Crippen LogP contribution in [0, 0.1) is 0 Å². The Morgan fingerprint density at radius 3 is 2.37 bits per heavy atom. The van der Waals surface area contributed by atoms with Gasteiger partial charge in [0.2, 0.25) is 15.9 Å². The molecule has 10 heteroatoms. The lowest BCUT2D eigenvalue weighted by Gasteiger charge is -2.31. The van der Waals surface area contributed by atoms with Crippen molar-refractivity contribution in [2.24, 2.45) is 5.73 Å². The van der Waals surface area contributed by atoms with E-state index in [2.05, 4.69) is 10.2 Å². The first-order valence-corrected chi connectivity index (χ1v) is 10.00. The second-order valence-corrected chi connectivity index (χ2v) is 8.79. The maximum absolute atomic E-state index is 12.8. The van der Waals surface area contributed by atoms with Crippen molar-refractivity contribution < 1.29 is 13.2 Å². The van der Waals surface area contributed by atoms with Crippen LogP contribution in [0.25, 0.3) is 0 Å². The molecule has 1 aromatic carbocycles. The average Bonchev–Trinajstić information content (AvgIpc) is 2.55. The molecule has 3 N–H and O–H groups in total. The third-order valence-electron chi connectivity index (χ3n) is 4.48. The highest BCUT2D eigenvalue weighted by Crippen LogP contribution is 2.22. The summed E-state index contributed by atoms with van der Waals surface area (Å²) in [6.45, 7) is 5.98. The maximum Gasteiger partial charge on any atom is 0.244 e. The molecule has 0 saturated carbocycles. The van der Waals surface area contributed by atoms with Gasteiger partial charge in [-0.2, -0.15) is 4.31 Å². The number of benzene rings is 1. The minimum atomic E-state index is -3.57. The number of nitrogens with zero attached hydrogens (tertiary/aromatic N) is 2. The van der Waals surface area contributed by atoms with E-state index in [1.807, 2.05) is 14.0 Å². The minimum Gasteiger partial charge on any atom is -0.324 e. The molecule has 1 amide bonds. The Kier molecular flexibility index (Phi) is 10.2. The van der Waals surface area contributed by atoms with Gasteiger partial charge in [-0.1, -0.05) is 19.4 Å². The molecule has 1 fully saturated rings. The normalized spacial score (nSPS) is 17.9. The zero-order valence-corrected chi connectivity index (χ0v) is 18.4. The summed E-state index contributed by atoms with van der Waals surface area (Å²) in [5.74, 6) is -0.316. The van der Waals surface area contributed by atoms with Crippen LogP contribution in [0.15, 0.2) is 29.2 Å². The van der Waals surface area contributed by atoms with Gasteiger partial charge < -0.3 is 16.0 Å². The molecular weight excluding hydrogens is 411 g/mol. The highest BCUT2D eigenvalue weighted by atomic mass is 35.5. The molecule has 0 aliphatic carbocycles. The van der Waals surface area contributed by atoms with Gasteiger partial charge in [-0.25, -0.2) is 8.42 Å². The number of nitrogens with one attached hydrogen (secondary N) is 1. The van der Waals surface area contributed by atoms with Gasteiger partial charge in [0.1, 0.15) is 0 Å². The quantitative estimate of drug-likeness (QED) is 0.703. The van der Waals surface area contributed by atoms with Crippen molar-refractivity contribution in [3.8, 4) is 0 Å². The highest BCUT2D eigenvalue weighted by Gasteiger charge is 2.29. The Balaban J connectivity index is 0.00000338. The van der Waals surface area contributed by atoms with Gasteiger partial charge in [0.05, 0.1) is 10.4 Å². The molecule has 1 unspecified atom stereocenters. The van der Waals surface area contributed by atoms with Gasteiger partial charge in [0.15, 0.2) is 0 Å². The van der Waals surface area contributed by atoms with Crippen molar-refractivity contribution in [2.75, 3.05) is 38.5 Å². The molecule has 27 heavy (non-hydrogen) atoms. The number of sulfonamides is 1. The van der Waals surface area contributed by atoms with Crippen molar-refractivity contribution in [1.82, 2.24) is 9.21 Å². The van der Waals surface area contributed by atoms with Crippen LogP contribution in [-0.4, -0.2) is 62.3 Å². The summed E-state index contributed by atoms with van der Waals surface area (Å²) in [4.78, 5) is 14.6. The monoisotopic (exact) mass is 440 g/mol. The van der Waals surface area contributed by atoms with E-state index in [0.29, 0.717) is 38.3 Å². The van der Waals surface area contributed by atoms with Crippen LogP contribution < -0.4 is 11.1 Å². The first-order chi connectivity index (χ1) is 11.7. The molecule has 7 nitrogen and oxygen atoms in total. The highest BCUT2D eigenvalue weighted by molar-refractivity contribution is 7.89. The lowest BCUT2D eigenvalue weighted by atomic mass is 9.96.